The molecule has 0 heterocycles. The lowest BCUT2D eigenvalue weighted by atomic mass is 9.78. The van der Waals surface area contributed by atoms with Crippen molar-refractivity contribution in [1.82, 2.24) is 0 Å². The highest BCUT2D eigenvalue weighted by Crippen LogP contribution is 2.36. The minimum absolute atomic E-state index is 0.0129. The first-order valence-corrected chi connectivity index (χ1v) is 6.92. The maximum absolute atomic E-state index is 14.3. The molecule has 0 aliphatic heterocycles. The van der Waals surface area contributed by atoms with Crippen LogP contribution in [0.4, 0.5) is 4.39 Å². The van der Waals surface area contributed by atoms with Gasteiger partial charge in [-0.3, -0.25) is 9.59 Å². The molecule has 2 unspecified atom stereocenters. The van der Waals surface area contributed by atoms with Crippen LogP contribution < -0.4 is 0 Å². The number of carboxylic acids is 2. The van der Waals surface area contributed by atoms with Crippen LogP contribution >= 0.6 is 0 Å². The molecule has 0 aromatic heterocycles. The monoisotopic (exact) mass is 296 g/mol. The summed E-state index contributed by atoms with van der Waals surface area (Å²) in [6.45, 7) is 6.80. The molecule has 2 atom stereocenters. The van der Waals surface area contributed by atoms with Crippen molar-refractivity contribution < 1.29 is 24.2 Å². The van der Waals surface area contributed by atoms with Gasteiger partial charge in [-0.2, -0.15) is 0 Å². The van der Waals surface area contributed by atoms with Gasteiger partial charge in [-0.1, -0.05) is 39.8 Å². The van der Waals surface area contributed by atoms with Crippen LogP contribution in [0.2, 0.25) is 0 Å². The Balaban J connectivity index is 3.58. The quantitative estimate of drug-likeness (QED) is 0.843. The van der Waals surface area contributed by atoms with Crippen LogP contribution in [-0.2, 0) is 9.59 Å². The maximum Gasteiger partial charge on any atom is 0.311 e. The second-order valence-electron chi connectivity index (χ2n) is 5.86. The highest BCUT2D eigenvalue weighted by molar-refractivity contribution is 5.81. The Hall–Kier alpha value is -1.91. The summed E-state index contributed by atoms with van der Waals surface area (Å²) in [5.74, 6) is -5.52. The number of aliphatic carboxylic acids is 2. The number of rotatable bonds is 6. The van der Waals surface area contributed by atoms with E-state index in [0.29, 0.717) is 0 Å². The summed E-state index contributed by atoms with van der Waals surface area (Å²) in [7, 11) is 0. The normalized spacial score (nSPS) is 14.2. The van der Waals surface area contributed by atoms with E-state index in [2.05, 4.69) is 0 Å². The summed E-state index contributed by atoms with van der Waals surface area (Å²) in [6.07, 6.45) is 0. The second kappa shape index (κ2) is 6.70. The van der Waals surface area contributed by atoms with Crippen molar-refractivity contribution in [3.05, 3.63) is 35.1 Å². The average molecular weight is 296 g/mol. The number of carbonyl (C=O) groups is 2. The third-order valence-electron chi connectivity index (χ3n) is 3.60. The van der Waals surface area contributed by atoms with E-state index in [1.54, 1.807) is 27.7 Å². The van der Waals surface area contributed by atoms with Gasteiger partial charge < -0.3 is 10.2 Å². The molecule has 0 saturated carbocycles. The molecule has 1 rings (SSSR count). The van der Waals surface area contributed by atoms with Crippen LogP contribution in [-0.4, -0.2) is 22.2 Å². The van der Waals surface area contributed by atoms with Gasteiger partial charge in [0.05, 0.1) is 11.8 Å². The van der Waals surface area contributed by atoms with Gasteiger partial charge >= 0.3 is 11.9 Å². The summed E-state index contributed by atoms with van der Waals surface area (Å²) in [6, 6.07) is 4.11. The molecule has 0 fully saturated rings. The molecule has 21 heavy (non-hydrogen) atoms. The summed E-state index contributed by atoms with van der Waals surface area (Å²) in [4.78, 5) is 23.0. The van der Waals surface area contributed by atoms with E-state index < -0.39 is 29.6 Å². The Bertz CT molecular complexity index is 537. The highest BCUT2D eigenvalue weighted by Gasteiger charge is 2.34. The van der Waals surface area contributed by atoms with Gasteiger partial charge in [0.2, 0.25) is 0 Å². The van der Waals surface area contributed by atoms with Crippen LogP contribution in [0.1, 0.15) is 50.7 Å². The highest BCUT2D eigenvalue weighted by atomic mass is 19.1. The third-order valence-corrected chi connectivity index (χ3v) is 3.60. The molecule has 1 aromatic rings. The Morgan fingerprint density at radius 1 is 0.952 bits per heavy atom. The smallest absolute Gasteiger partial charge is 0.311 e. The maximum atomic E-state index is 14.3. The van der Waals surface area contributed by atoms with E-state index in [9.17, 15) is 24.2 Å². The van der Waals surface area contributed by atoms with Gasteiger partial charge in [0.15, 0.2) is 0 Å². The summed E-state index contributed by atoms with van der Waals surface area (Å²) >= 11 is 0. The molecule has 0 spiro atoms. The van der Waals surface area contributed by atoms with Gasteiger partial charge in [0, 0.05) is 5.56 Å². The molecule has 0 amide bonds. The molecule has 0 radical (unpaired) electrons. The van der Waals surface area contributed by atoms with E-state index in [0.717, 1.165) is 0 Å². The van der Waals surface area contributed by atoms with Crippen molar-refractivity contribution in [2.75, 3.05) is 0 Å². The van der Waals surface area contributed by atoms with Crippen LogP contribution in [0.5, 0.6) is 0 Å². The molecule has 0 aliphatic rings. The zero-order chi connectivity index (χ0) is 16.3. The van der Waals surface area contributed by atoms with Crippen LogP contribution in [0.3, 0.4) is 0 Å². The first-order valence-electron chi connectivity index (χ1n) is 6.92. The van der Waals surface area contributed by atoms with Crippen molar-refractivity contribution in [3.8, 4) is 0 Å². The zero-order valence-electron chi connectivity index (χ0n) is 12.6. The molecule has 4 nitrogen and oxygen atoms in total. The van der Waals surface area contributed by atoms with Gasteiger partial charge in [-0.25, -0.2) is 4.39 Å². The van der Waals surface area contributed by atoms with Gasteiger partial charge in [0.1, 0.15) is 5.82 Å². The first kappa shape index (κ1) is 17.1. The lowest BCUT2D eigenvalue weighted by Crippen LogP contribution is -2.25. The number of halogens is 1. The Morgan fingerprint density at radius 2 is 1.43 bits per heavy atom. The molecule has 1 aromatic carbocycles. The van der Waals surface area contributed by atoms with Crippen LogP contribution in [0.25, 0.3) is 0 Å². The summed E-state index contributed by atoms with van der Waals surface area (Å²) in [5, 5.41) is 18.8. The van der Waals surface area contributed by atoms with Crippen molar-refractivity contribution >= 4 is 11.9 Å². The van der Waals surface area contributed by atoms with E-state index in [4.69, 9.17) is 0 Å². The molecular formula is C16H21FO4. The third kappa shape index (κ3) is 3.60. The van der Waals surface area contributed by atoms with Gasteiger partial charge in [0.25, 0.3) is 0 Å². The molecule has 0 saturated heterocycles. The van der Waals surface area contributed by atoms with Gasteiger partial charge in [-0.05, 0) is 23.5 Å². The van der Waals surface area contributed by atoms with Crippen molar-refractivity contribution in [1.29, 1.82) is 0 Å². The van der Waals surface area contributed by atoms with E-state index in [-0.39, 0.29) is 23.0 Å². The number of carboxylic acid groups (broad SMARTS) is 2. The minimum atomic E-state index is -1.15. The van der Waals surface area contributed by atoms with Gasteiger partial charge in [-0.15, -0.1) is 0 Å². The zero-order valence-corrected chi connectivity index (χ0v) is 12.6. The number of hydrogen-bond donors (Lipinski definition) is 2. The van der Waals surface area contributed by atoms with Crippen molar-refractivity contribution in [3.63, 3.8) is 0 Å². The Morgan fingerprint density at radius 3 is 1.81 bits per heavy atom. The fourth-order valence-electron chi connectivity index (χ4n) is 2.67. The van der Waals surface area contributed by atoms with Crippen LogP contribution in [0, 0.1) is 17.7 Å². The van der Waals surface area contributed by atoms with Crippen molar-refractivity contribution in [2.24, 2.45) is 11.8 Å². The van der Waals surface area contributed by atoms with E-state index in [1.165, 1.54) is 18.2 Å². The molecule has 116 valence electrons. The fraction of sp³-hybridized carbons (Fsp3) is 0.500. The standard InChI is InChI=1S/C16H21FO4/c1-8(2)12(15(18)19)10-6-5-7-11(17)14(10)13(9(3)4)16(20)21/h5-9,12-13H,1-4H3,(H,18,19)(H,20,21). The first-order chi connectivity index (χ1) is 9.68. The average Bonchev–Trinajstić information content (AvgIpc) is 2.31. The molecule has 0 aliphatic carbocycles. The summed E-state index contributed by atoms with van der Waals surface area (Å²) < 4.78 is 14.3. The van der Waals surface area contributed by atoms with E-state index in [1.807, 2.05) is 0 Å². The minimum Gasteiger partial charge on any atom is -0.481 e. The lowest BCUT2D eigenvalue weighted by molar-refractivity contribution is -0.141. The van der Waals surface area contributed by atoms with Crippen molar-refractivity contribution in [2.45, 2.75) is 39.5 Å². The molecule has 5 heteroatoms. The van der Waals surface area contributed by atoms with E-state index >= 15 is 0 Å². The number of benzene rings is 1. The second-order valence-corrected chi connectivity index (χ2v) is 5.86. The molecule has 0 bridgehead atoms. The lowest BCUT2D eigenvalue weighted by Gasteiger charge is -2.25. The topological polar surface area (TPSA) is 74.6 Å². The largest absolute Gasteiger partial charge is 0.481 e. The van der Waals surface area contributed by atoms with Crippen LogP contribution in [0.15, 0.2) is 18.2 Å². The molecular weight excluding hydrogens is 275 g/mol. The number of hydrogen-bond acceptors (Lipinski definition) is 2. The fourth-order valence-corrected chi connectivity index (χ4v) is 2.67. The molecule has 2 N–H and O–H groups in total. The SMILES string of the molecule is CC(C)C(C(=O)O)c1cccc(F)c1C(C(=O)O)C(C)C. The Labute approximate surface area is 123 Å². The summed E-state index contributed by atoms with van der Waals surface area (Å²) in [5.41, 5.74) is 0.236. The predicted octanol–water partition coefficient (Wildman–Crippen LogP) is 3.47. The Kier molecular flexibility index (Phi) is 5.47. The predicted molar refractivity (Wildman–Crippen MR) is 76.8 cm³/mol.